The van der Waals surface area contributed by atoms with E-state index in [1.165, 1.54) is 55.1 Å². The molecular weight excluding hydrogens is 572 g/mol. The summed E-state index contributed by atoms with van der Waals surface area (Å²) in [5.74, 6) is 0. The van der Waals surface area contributed by atoms with Crippen LogP contribution in [-0.2, 0) is 0 Å². The summed E-state index contributed by atoms with van der Waals surface area (Å²) in [6, 6.07) is 60.6. The summed E-state index contributed by atoms with van der Waals surface area (Å²) in [6.45, 7) is 0. The fraction of sp³-hybridized carbons (Fsp3) is 0. The van der Waals surface area contributed by atoms with Crippen LogP contribution < -0.4 is 0 Å². The molecule has 0 radical (unpaired) electrons. The molecule has 3 nitrogen and oxygen atoms in total. The number of nitrogens with zero attached hydrogens (tertiary/aromatic N) is 2. The van der Waals surface area contributed by atoms with Crippen LogP contribution in [0.2, 0.25) is 0 Å². The Labute approximate surface area is 271 Å². The monoisotopic (exact) mass is 600 g/mol. The minimum Gasteiger partial charge on any atom is -0.439 e. The van der Waals surface area contributed by atoms with Crippen LogP contribution in [0, 0.1) is 0 Å². The van der Waals surface area contributed by atoms with E-state index in [2.05, 4.69) is 173 Å². The first kappa shape index (κ1) is 26.0. The summed E-state index contributed by atoms with van der Waals surface area (Å²) in [7, 11) is 0. The number of hydrogen-bond acceptors (Lipinski definition) is 1. The molecule has 7 aromatic carbocycles. The van der Waals surface area contributed by atoms with Gasteiger partial charge >= 0.3 is 0 Å². The van der Waals surface area contributed by atoms with Gasteiger partial charge in [0.2, 0.25) is 5.71 Å². The standard InChI is InChI=1S/C44H28N2O/c1-3-12-32(13-4-1)45-38-19-9-7-16-35(38)42-34(18-11-20-40(42)45)30-24-22-29(23-25-30)31-26-27-39-37(28-31)43-36-17-8-10-21-41(36)47-44(43)46(39)33-14-5-2-6-15-33/h1-28H. The average Bonchev–Trinajstić information content (AvgIpc) is 3.79. The van der Waals surface area contributed by atoms with Crippen molar-refractivity contribution in [1.29, 1.82) is 0 Å². The van der Waals surface area contributed by atoms with Crippen LogP contribution >= 0.6 is 0 Å². The molecular formula is C44H28N2O. The number of aromatic nitrogens is 2. The molecule has 3 heterocycles. The number of benzene rings is 7. The Morgan fingerprint density at radius 2 is 0.957 bits per heavy atom. The van der Waals surface area contributed by atoms with Crippen molar-refractivity contribution in [2.45, 2.75) is 0 Å². The molecule has 0 saturated carbocycles. The van der Waals surface area contributed by atoms with Gasteiger partial charge in [-0.1, -0.05) is 115 Å². The lowest BCUT2D eigenvalue weighted by Crippen LogP contribution is -1.93. The lowest BCUT2D eigenvalue weighted by atomic mass is 9.96. The second-order valence-electron chi connectivity index (χ2n) is 12.1. The van der Waals surface area contributed by atoms with E-state index in [1.807, 2.05) is 6.07 Å². The van der Waals surface area contributed by atoms with E-state index < -0.39 is 0 Å². The van der Waals surface area contributed by atoms with Gasteiger partial charge in [0.1, 0.15) is 5.58 Å². The molecule has 10 rings (SSSR count). The van der Waals surface area contributed by atoms with Gasteiger partial charge in [-0.25, -0.2) is 0 Å². The first-order valence-corrected chi connectivity index (χ1v) is 16.0. The van der Waals surface area contributed by atoms with Gasteiger partial charge in [-0.05, 0) is 76.9 Å². The molecule has 10 aromatic rings. The van der Waals surface area contributed by atoms with Crippen molar-refractivity contribution in [1.82, 2.24) is 9.13 Å². The lowest BCUT2D eigenvalue weighted by molar-refractivity contribution is 0.645. The molecule has 0 bridgehead atoms. The van der Waals surface area contributed by atoms with Crippen molar-refractivity contribution < 1.29 is 4.42 Å². The normalized spacial score (nSPS) is 11.8. The third-order valence-corrected chi connectivity index (χ3v) is 9.54. The van der Waals surface area contributed by atoms with Gasteiger partial charge in [-0.15, -0.1) is 0 Å². The van der Waals surface area contributed by atoms with Crippen LogP contribution in [0.15, 0.2) is 174 Å². The third kappa shape index (κ3) is 3.87. The zero-order valence-electron chi connectivity index (χ0n) is 25.5. The van der Waals surface area contributed by atoms with Crippen LogP contribution in [0.1, 0.15) is 0 Å². The summed E-state index contributed by atoms with van der Waals surface area (Å²) < 4.78 is 11.1. The number of para-hydroxylation sites is 4. The van der Waals surface area contributed by atoms with Crippen LogP contribution in [0.5, 0.6) is 0 Å². The van der Waals surface area contributed by atoms with Gasteiger partial charge in [-0.3, -0.25) is 4.57 Å². The van der Waals surface area contributed by atoms with Gasteiger partial charge in [0.15, 0.2) is 0 Å². The second kappa shape index (κ2) is 10.1. The highest BCUT2D eigenvalue weighted by molar-refractivity contribution is 6.20. The van der Waals surface area contributed by atoms with Crippen LogP contribution in [-0.4, -0.2) is 9.13 Å². The number of rotatable bonds is 4. The van der Waals surface area contributed by atoms with Crippen LogP contribution in [0.3, 0.4) is 0 Å². The van der Waals surface area contributed by atoms with E-state index in [9.17, 15) is 0 Å². The molecule has 47 heavy (non-hydrogen) atoms. The number of hydrogen-bond donors (Lipinski definition) is 0. The Hall–Kier alpha value is -6.32. The number of furan rings is 1. The van der Waals surface area contributed by atoms with Gasteiger partial charge in [0.05, 0.1) is 21.9 Å². The Morgan fingerprint density at radius 1 is 0.362 bits per heavy atom. The fourth-order valence-corrected chi connectivity index (χ4v) is 7.46. The lowest BCUT2D eigenvalue weighted by Gasteiger charge is -2.10. The van der Waals surface area contributed by atoms with E-state index in [-0.39, 0.29) is 0 Å². The fourth-order valence-electron chi connectivity index (χ4n) is 7.46. The maximum atomic E-state index is 6.49. The molecule has 0 amide bonds. The highest BCUT2D eigenvalue weighted by Crippen LogP contribution is 2.42. The molecule has 0 fully saturated rings. The van der Waals surface area contributed by atoms with Crippen LogP contribution in [0.25, 0.3) is 88.4 Å². The Balaban J connectivity index is 1.13. The van der Waals surface area contributed by atoms with Gasteiger partial charge in [0, 0.05) is 32.9 Å². The minimum absolute atomic E-state index is 0.877. The molecule has 3 aromatic heterocycles. The maximum absolute atomic E-state index is 6.49. The summed E-state index contributed by atoms with van der Waals surface area (Å²) in [5.41, 5.74) is 12.4. The molecule has 0 unspecified atom stereocenters. The summed E-state index contributed by atoms with van der Waals surface area (Å²) in [6.07, 6.45) is 0. The first-order valence-electron chi connectivity index (χ1n) is 16.0. The highest BCUT2D eigenvalue weighted by Gasteiger charge is 2.20. The number of fused-ring (bicyclic) bond motifs is 8. The molecule has 0 saturated heterocycles. The molecule has 0 aliphatic carbocycles. The van der Waals surface area contributed by atoms with Gasteiger partial charge in [0.25, 0.3) is 0 Å². The van der Waals surface area contributed by atoms with Crippen molar-refractivity contribution in [3.8, 4) is 33.6 Å². The Bertz CT molecular complexity index is 2760. The molecule has 0 aliphatic rings. The zero-order valence-corrected chi connectivity index (χ0v) is 25.5. The predicted octanol–water partition coefficient (Wildman–Crippen LogP) is 12.0. The van der Waals surface area contributed by atoms with Crippen molar-refractivity contribution in [3.63, 3.8) is 0 Å². The predicted molar refractivity (Wildman–Crippen MR) is 196 cm³/mol. The van der Waals surface area contributed by atoms with E-state index in [0.717, 1.165) is 33.3 Å². The summed E-state index contributed by atoms with van der Waals surface area (Å²) in [4.78, 5) is 0. The van der Waals surface area contributed by atoms with Gasteiger partial charge < -0.3 is 8.98 Å². The van der Waals surface area contributed by atoms with E-state index in [0.29, 0.717) is 0 Å². The SMILES string of the molecule is c1ccc(-n2c3ccccc3c3c(-c4ccc(-c5ccc6c(c5)c5c7ccccc7oc5n6-c5ccccc5)cc4)cccc32)cc1. The molecule has 0 spiro atoms. The van der Waals surface area contributed by atoms with Crippen molar-refractivity contribution in [2.24, 2.45) is 0 Å². The summed E-state index contributed by atoms with van der Waals surface area (Å²) in [5, 5.41) is 6.01. The molecule has 3 heteroatoms. The van der Waals surface area contributed by atoms with E-state index >= 15 is 0 Å². The van der Waals surface area contributed by atoms with Crippen molar-refractivity contribution >= 4 is 54.8 Å². The van der Waals surface area contributed by atoms with Crippen LogP contribution in [0.4, 0.5) is 0 Å². The minimum atomic E-state index is 0.877. The third-order valence-electron chi connectivity index (χ3n) is 9.54. The average molecular weight is 601 g/mol. The smallest absolute Gasteiger partial charge is 0.213 e. The quantitative estimate of drug-likeness (QED) is 0.197. The van der Waals surface area contributed by atoms with E-state index in [4.69, 9.17) is 4.42 Å². The first-order chi connectivity index (χ1) is 23.3. The van der Waals surface area contributed by atoms with E-state index in [1.54, 1.807) is 0 Å². The maximum Gasteiger partial charge on any atom is 0.213 e. The molecule has 220 valence electrons. The molecule has 0 atom stereocenters. The van der Waals surface area contributed by atoms with Crippen molar-refractivity contribution in [2.75, 3.05) is 0 Å². The largest absolute Gasteiger partial charge is 0.439 e. The topological polar surface area (TPSA) is 23.0 Å². The molecule has 0 N–H and O–H groups in total. The highest BCUT2D eigenvalue weighted by atomic mass is 16.3. The Morgan fingerprint density at radius 3 is 1.74 bits per heavy atom. The summed E-state index contributed by atoms with van der Waals surface area (Å²) >= 11 is 0. The molecule has 0 aliphatic heterocycles. The van der Waals surface area contributed by atoms with Crippen molar-refractivity contribution in [3.05, 3.63) is 170 Å². The van der Waals surface area contributed by atoms with Gasteiger partial charge in [-0.2, -0.15) is 0 Å². The second-order valence-corrected chi connectivity index (χ2v) is 12.1. The Kier molecular flexibility index (Phi) is 5.57. The zero-order chi connectivity index (χ0) is 30.9.